The van der Waals surface area contributed by atoms with Gasteiger partial charge in [0.2, 0.25) is 5.78 Å². The highest BCUT2D eigenvalue weighted by molar-refractivity contribution is 6.25. The van der Waals surface area contributed by atoms with Crippen molar-refractivity contribution in [3.8, 4) is 17.2 Å². The highest BCUT2D eigenvalue weighted by Gasteiger charge is 2.67. The molecule has 0 saturated heterocycles. The summed E-state index contributed by atoms with van der Waals surface area (Å²) in [5.41, 5.74) is 0.419. The first kappa shape index (κ1) is 30.5. The number of carbonyl (C=O) groups excluding carboxylic acids is 4. The maximum absolute atomic E-state index is 14.0. The van der Waals surface area contributed by atoms with Crippen LogP contribution in [0.1, 0.15) is 28.8 Å². The number of ketones is 2. The lowest BCUT2D eigenvalue weighted by Crippen LogP contribution is -2.68. The lowest BCUT2D eigenvalue weighted by Gasteiger charge is -2.53. The third kappa shape index (κ3) is 4.29. The van der Waals surface area contributed by atoms with E-state index in [1.165, 1.54) is 50.4 Å². The van der Waals surface area contributed by atoms with Crippen molar-refractivity contribution >= 4 is 29.3 Å². The molecule has 0 radical (unpaired) electrons. The molecule has 6 atom stereocenters. The molecule has 6 unspecified atom stereocenters. The van der Waals surface area contributed by atoms with Gasteiger partial charge >= 0.3 is 6.09 Å². The topological polar surface area (TPSA) is 229 Å². The summed E-state index contributed by atoms with van der Waals surface area (Å²) in [6, 6.07) is 7.49. The molecule has 0 fully saturated rings. The van der Waals surface area contributed by atoms with Crippen LogP contribution in [-0.2, 0) is 9.59 Å². The standard InChI is InChI=1S/C30H31N3O11/c1-11-14-9-10-15(32-29(41)44-13-7-5-12(43-4)6-8-13)22(34)17(14)23(35)18-16(11)24(36)20-21(33(2)3)25(37)19(28(31)40)27(39)30(20,42)26(18)38/h5-11,16,20-21,24,34,36-38,42H,1-4H3,(H2,31,40)(H,32,41). The van der Waals surface area contributed by atoms with Gasteiger partial charge in [0.1, 0.15) is 28.6 Å². The molecule has 0 spiro atoms. The Morgan fingerprint density at radius 2 is 1.64 bits per heavy atom. The van der Waals surface area contributed by atoms with E-state index in [4.69, 9.17) is 15.2 Å². The predicted molar refractivity (Wildman–Crippen MR) is 152 cm³/mol. The number of anilines is 1. The van der Waals surface area contributed by atoms with Crippen LogP contribution in [0.5, 0.6) is 17.2 Å². The summed E-state index contributed by atoms with van der Waals surface area (Å²) in [6.07, 6.45) is -2.72. The summed E-state index contributed by atoms with van der Waals surface area (Å²) in [7, 11) is 4.38. The summed E-state index contributed by atoms with van der Waals surface area (Å²) < 4.78 is 10.3. The lowest BCUT2D eigenvalue weighted by atomic mass is 9.55. The quantitative estimate of drug-likeness (QED) is 0.188. The fraction of sp³-hybridized carbons (Fsp3) is 0.333. The summed E-state index contributed by atoms with van der Waals surface area (Å²) >= 11 is 0. The number of carbonyl (C=O) groups is 4. The van der Waals surface area contributed by atoms with Crippen molar-refractivity contribution in [3.63, 3.8) is 0 Å². The molecule has 44 heavy (non-hydrogen) atoms. The number of fused-ring (bicyclic) bond motifs is 3. The van der Waals surface area contributed by atoms with Gasteiger partial charge in [-0.05, 0) is 55.9 Å². The van der Waals surface area contributed by atoms with Crippen LogP contribution in [0.3, 0.4) is 0 Å². The molecule has 14 nitrogen and oxygen atoms in total. The molecule has 3 aliphatic rings. The van der Waals surface area contributed by atoms with E-state index in [-0.39, 0.29) is 22.6 Å². The van der Waals surface area contributed by atoms with E-state index in [9.17, 15) is 44.7 Å². The van der Waals surface area contributed by atoms with Crippen molar-refractivity contribution in [3.05, 3.63) is 70.2 Å². The maximum Gasteiger partial charge on any atom is 0.417 e. The first-order chi connectivity index (χ1) is 20.7. The molecule has 0 aliphatic heterocycles. The van der Waals surface area contributed by atoms with Crippen molar-refractivity contribution in [1.29, 1.82) is 0 Å². The highest BCUT2D eigenvalue weighted by Crippen LogP contribution is 2.56. The van der Waals surface area contributed by atoms with Crippen molar-refractivity contribution in [2.45, 2.75) is 30.6 Å². The Kier molecular flexibility index (Phi) is 7.40. The van der Waals surface area contributed by atoms with E-state index in [0.29, 0.717) is 5.75 Å². The number of amides is 2. The monoisotopic (exact) mass is 609 g/mol. The molecule has 0 bridgehead atoms. The maximum atomic E-state index is 14.0. The fourth-order valence-corrected chi connectivity index (χ4v) is 6.61. The number of methoxy groups -OCH3 is 1. The molecule has 0 saturated carbocycles. The Morgan fingerprint density at radius 1 is 1.02 bits per heavy atom. The van der Waals surface area contributed by atoms with E-state index < -0.39 is 87.5 Å². The van der Waals surface area contributed by atoms with Crippen molar-refractivity contribution < 1.29 is 54.2 Å². The number of aromatic hydroxyl groups is 1. The zero-order valence-electron chi connectivity index (χ0n) is 24.1. The minimum atomic E-state index is -3.03. The van der Waals surface area contributed by atoms with Gasteiger partial charge in [0, 0.05) is 11.5 Å². The molecule has 14 heteroatoms. The largest absolute Gasteiger partial charge is 0.510 e. The first-order valence-electron chi connectivity index (χ1n) is 13.5. The summed E-state index contributed by atoms with van der Waals surface area (Å²) in [5.74, 6) is -9.47. The Labute approximate surface area is 250 Å². The SMILES string of the molecule is COc1ccc(OC(=O)Nc2ccc3c(c2O)C(=O)C2=C(O)C4(O)C(=O)C(C(N)=O)=C(O)C(N(C)C)C4C(O)C2C3C)cc1. The van der Waals surface area contributed by atoms with Gasteiger partial charge in [-0.15, -0.1) is 0 Å². The van der Waals surface area contributed by atoms with E-state index in [0.717, 1.165) is 0 Å². The Morgan fingerprint density at radius 3 is 2.20 bits per heavy atom. The lowest BCUT2D eigenvalue weighted by molar-refractivity contribution is -0.162. The number of benzene rings is 2. The van der Waals surface area contributed by atoms with Gasteiger partial charge in [-0.25, -0.2) is 4.79 Å². The molecule has 5 rings (SSSR count). The predicted octanol–water partition coefficient (Wildman–Crippen LogP) is 1.27. The average Bonchev–Trinajstić information content (AvgIpc) is 2.96. The number of rotatable bonds is 5. The molecule has 0 aromatic heterocycles. The molecule has 2 aromatic carbocycles. The zero-order chi connectivity index (χ0) is 32.4. The number of likely N-dealkylation sites (N-methyl/N-ethyl adjacent to an activating group) is 1. The van der Waals surface area contributed by atoms with Crippen LogP contribution in [0.2, 0.25) is 0 Å². The van der Waals surface area contributed by atoms with Gasteiger partial charge in [0.15, 0.2) is 17.1 Å². The molecule has 8 N–H and O–H groups in total. The van der Waals surface area contributed by atoms with Crippen LogP contribution in [-0.4, -0.2) is 93.0 Å². The van der Waals surface area contributed by atoms with Gasteiger partial charge in [-0.1, -0.05) is 13.0 Å². The third-order valence-electron chi connectivity index (χ3n) is 8.64. The van der Waals surface area contributed by atoms with E-state index in [1.807, 2.05) is 0 Å². The molecule has 2 amide bonds. The van der Waals surface area contributed by atoms with Crippen LogP contribution < -0.4 is 20.5 Å². The number of aliphatic hydroxyl groups excluding tert-OH is 3. The number of aliphatic hydroxyl groups is 4. The molecular weight excluding hydrogens is 578 g/mol. The molecule has 3 aliphatic carbocycles. The van der Waals surface area contributed by atoms with Crippen LogP contribution in [0.15, 0.2) is 59.1 Å². The van der Waals surface area contributed by atoms with Gasteiger partial charge in [-0.3, -0.25) is 24.6 Å². The first-order valence-corrected chi connectivity index (χ1v) is 13.5. The number of nitrogens with two attached hydrogens (primary N) is 1. The number of Topliss-reactive ketones (excluding diaryl/α,β-unsaturated/α-hetero) is 2. The van der Waals surface area contributed by atoms with Gasteiger partial charge < -0.3 is 40.7 Å². The van der Waals surface area contributed by atoms with Crippen LogP contribution >= 0.6 is 0 Å². The summed E-state index contributed by atoms with van der Waals surface area (Å²) in [4.78, 5) is 53.5. The number of primary amides is 1. The van der Waals surface area contributed by atoms with E-state index >= 15 is 0 Å². The Bertz CT molecular complexity index is 1660. The van der Waals surface area contributed by atoms with Crippen LogP contribution in [0, 0.1) is 11.8 Å². The van der Waals surface area contributed by atoms with E-state index in [1.54, 1.807) is 19.1 Å². The second kappa shape index (κ2) is 10.7. The Hall–Kier alpha value is -4.92. The van der Waals surface area contributed by atoms with Crippen LogP contribution in [0.4, 0.5) is 10.5 Å². The normalized spacial score (nSPS) is 27.8. The number of phenols is 1. The van der Waals surface area contributed by atoms with Crippen molar-refractivity contribution in [1.82, 2.24) is 4.90 Å². The number of nitrogens with one attached hydrogen (secondary N) is 1. The molecule has 232 valence electrons. The Balaban J connectivity index is 1.58. The van der Waals surface area contributed by atoms with Crippen LogP contribution in [0.25, 0.3) is 0 Å². The number of ether oxygens (including phenoxy) is 2. The van der Waals surface area contributed by atoms with E-state index in [2.05, 4.69) is 5.32 Å². The molecule has 2 aromatic rings. The number of hydrogen-bond acceptors (Lipinski definition) is 12. The van der Waals surface area contributed by atoms with Crippen molar-refractivity contribution in [2.75, 3.05) is 26.5 Å². The van der Waals surface area contributed by atoms with Gasteiger partial charge in [0.25, 0.3) is 5.91 Å². The minimum Gasteiger partial charge on any atom is -0.510 e. The number of phenolic OH excluding ortho intramolecular Hbond substituents is 1. The average molecular weight is 610 g/mol. The van der Waals surface area contributed by atoms with Gasteiger partial charge in [0.05, 0.1) is 36.4 Å². The zero-order valence-corrected chi connectivity index (χ0v) is 24.1. The van der Waals surface area contributed by atoms with Gasteiger partial charge in [-0.2, -0.15) is 0 Å². The second-order valence-corrected chi connectivity index (χ2v) is 11.2. The minimum absolute atomic E-state index is 0.158. The second-order valence-electron chi connectivity index (χ2n) is 11.2. The highest BCUT2D eigenvalue weighted by atomic mass is 16.6. The summed E-state index contributed by atoms with van der Waals surface area (Å²) in [5, 5.41) is 59.3. The van der Waals surface area contributed by atoms with Crippen molar-refractivity contribution in [2.24, 2.45) is 17.6 Å². The number of nitrogens with zero attached hydrogens (tertiary/aromatic N) is 1. The smallest absolute Gasteiger partial charge is 0.417 e. The summed E-state index contributed by atoms with van der Waals surface area (Å²) in [6.45, 7) is 1.60. The third-order valence-corrected chi connectivity index (χ3v) is 8.64. The molecule has 0 heterocycles. The molecular formula is C30H31N3O11. The number of hydrogen-bond donors (Lipinski definition) is 7. The fourth-order valence-electron chi connectivity index (χ4n) is 6.61.